The van der Waals surface area contributed by atoms with Crippen LogP contribution >= 0.6 is 0 Å². The van der Waals surface area contributed by atoms with Crippen LogP contribution in [0.5, 0.6) is 0 Å². The summed E-state index contributed by atoms with van der Waals surface area (Å²) < 4.78 is 53.0. The fourth-order valence-corrected chi connectivity index (χ4v) is 14.6. The monoisotopic (exact) mass is 1050 g/mol. The van der Waals surface area contributed by atoms with Crippen molar-refractivity contribution < 1.29 is 119 Å². The number of aliphatic hydroxyl groups is 15. The van der Waals surface area contributed by atoms with Gasteiger partial charge in [0.05, 0.1) is 32.0 Å². The van der Waals surface area contributed by atoms with Crippen molar-refractivity contribution in [2.45, 2.75) is 227 Å². The third-order valence-electron chi connectivity index (χ3n) is 18.9. The first-order valence-electron chi connectivity index (χ1n) is 26.1. The second-order valence-electron chi connectivity index (χ2n) is 23.2. The normalized spacial score (nSPS) is 55.5. The van der Waals surface area contributed by atoms with Crippen LogP contribution in [0.15, 0.2) is 11.6 Å². The smallest absolute Gasteiger partial charge is 0.189 e. The van der Waals surface area contributed by atoms with E-state index in [2.05, 4.69) is 26.8 Å². The second-order valence-corrected chi connectivity index (χ2v) is 23.2. The Kier molecular flexibility index (Phi) is 16.9. The fourth-order valence-electron chi connectivity index (χ4n) is 14.6. The number of hydrogen-bond acceptors (Lipinski definition) is 24. The third-order valence-corrected chi connectivity index (χ3v) is 18.9. The Hall–Kier alpha value is -1.22. The van der Waals surface area contributed by atoms with Gasteiger partial charge in [0.15, 0.2) is 43.5 Å². The number of ether oxygens (including phenoxy) is 9. The van der Waals surface area contributed by atoms with E-state index in [4.69, 9.17) is 42.6 Å². The van der Waals surface area contributed by atoms with Crippen LogP contribution in [0.2, 0.25) is 0 Å². The van der Waals surface area contributed by atoms with E-state index in [9.17, 15) is 76.6 Å². The van der Waals surface area contributed by atoms with E-state index in [1.165, 1.54) is 5.57 Å². The largest absolute Gasteiger partial charge is 0.394 e. The molecule has 420 valence electrons. The van der Waals surface area contributed by atoms with Gasteiger partial charge in [-0.1, -0.05) is 39.3 Å². The van der Waals surface area contributed by atoms with E-state index in [1.807, 2.05) is 6.92 Å². The summed E-state index contributed by atoms with van der Waals surface area (Å²) in [4.78, 5) is 0. The first-order chi connectivity index (χ1) is 34.5. The highest BCUT2D eigenvalue weighted by atomic mass is 16.8. The van der Waals surface area contributed by atoms with E-state index in [0.29, 0.717) is 43.4 Å². The molecule has 24 nitrogen and oxygen atoms in total. The van der Waals surface area contributed by atoms with E-state index in [0.717, 1.165) is 32.1 Å². The van der Waals surface area contributed by atoms with Gasteiger partial charge in [-0.15, -0.1) is 0 Å². The number of allylic oxidation sites excluding steroid dienone is 1. The van der Waals surface area contributed by atoms with Crippen LogP contribution in [0.3, 0.4) is 0 Å². The average molecular weight is 1050 g/mol. The minimum Gasteiger partial charge on any atom is -0.394 e. The minimum absolute atomic E-state index is 0.0869. The van der Waals surface area contributed by atoms with Crippen LogP contribution < -0.4 is 0 Å². The van der Waals surface area contributed by atoms with Gasteiger partial charge < -0.3 is 119 Å². The van der Waals surface area contributed by atoms with E-state index in [-0.39, 0.29) is 41.3 Å². The molecule has 5 aliphatic heterocycles. The van der Waals surface area contributed by atoms with Gasteiger partial charge in [0.2, 0.25) is 0 Å². The molecule has 0 bridgehead atoms. The van der Waals surface area contributed by atoms with Crippen LogP contribution in [0, 0.1) is 46.3 Å². The van der Waals surface area contributed by atoms with Crippen molar-refractivity contribution in [2.75, 3.05) is 19.8 Å². The number of rotatable bonds is 14. The Bertz CT molecular complexity index is 1900. The first kappa shape index (κ1) is 56.5. The highest BCUT2D eigenvalue weighted by Crippen LogP contribution is 2.70. The molecule has 0 amide bonds. The summed E-state index contributed by atoms with van der Waals surface area (Å²) in [7, 11) is 0. The van der Waals surface area contributed by atoms with Crippen LogP contribution in [-0.2, 0) is 42.6 Å². The number of hydrogen-bond donors (Lipinski definition) is 15. The Balaban J connectivity index is 0.846. The summed E-state index contributed by atoms with van der Waals surface area (Å²) in [5.74, 6) is -0.424. The van der Waals surface area contributed by atoms with Crippen LogP contribution in [0.4, 0.5) is 0 Å². The molecule has 3 saturated carbocycles. The molecule has 31 atom stereocenters. The fraction of sp³-hybridized carbons (Fsp3) is 0.959. The summed E-state index contributed by atoms with van der Waals surface area (Å²) in [6, 6.07) is 0. The Morgan fingerprint density at radius 3 is 1.86 bits per heavy atom. The van der Waals surface area contributed by atoms with Gasteiger partial charge in [-0.2, -0.15) is 0 Å². The number of aliphatic hydroxyl groups excluding tert-OH is 14. The van der Waals surface area contributed by atoms with Crippen LogP contribution in [0.25, 0.3) is 0 Å². The molecule has 15 N–H and O–H groups in total. The Labute approximate surface area is 422 Å². The average Bonchev–Trinajstić information content (AvgIpc) is 3.80. The molecule has 5 saturated heterocycles. The zero-order chi connectivity index (χ0) is 52.8. The molecule has 0 radical (unpaired) electrons. The van der Waals surface area contributed by atoms with Crippen molar-refractivity contribution in [3.8, 4) is 0 Å². The zero-order valence-electron chi connectivity index (χ0n) is 41.6. The first-order valence-corrected chi connectivity index (χ1v) is 26.1. The Morgan fingerprint density at radius 2 is 1.23 bits per heavy atom. The molecule has 0 aromatic heterocycles. The lowest BCUT2D eigenvalue weighted by Gasteiger charge is -2.58. The highest BCUT2D eigenvalue weighted by Gasteiger charge is 2.68. The molecule has 9 aliphatic rings. The topological polar surface area (TPSA) is 387 Å². The van der Waals surface area contributed by atoms with Gasteiger partial charge in [-0.3, -0.25) is 0 Å². The minimum atomic E-state index is -2.01. The van der Waals surface area contributed by atoms with Crippen molar-refractivity contribution in [3.05, 3.63) is 11.6 Å². The molecule has 5 heterocycles. The van der Waals surface area contributed by atoms with Gasteiger partial charge in [-0.25, -0.2) is 0 Å². The van der Waals surface area contributed by atoms with Gasteiger partial charge in [0.25, 0.3) is 0 Å². The Morgan fingerprint density at radius 1 is 0.644 bits per heavy atom. The van der Waals surface area contributed by atoms with Crippen molar-refractivity contribution in [2.24, 2.45) is 46.3 Å². The maximum atomic E-state index is 12.1. The summed E-state index contributed by atoms with van der Waals surface area (Å²) in [6.07, 6.45) is -26.3. The molecular formula is C49H80O24. The molecule has 0 spiro atoms. The van der Waals surface area contributed by atoms with E-state index >= 15 is 0 Å². The second kappa shape index (κ2) is 21.8. The summed E-state index contributed by atoms with van der Waals surface area (Å²) in [6.45, 7) is 7.49. The lowest BCUT2D eigenvalue weighted by molar-refractivity contribution is -0.405. The van der Waals surface area contributed by atoms with Gasteiger partial charge in [0, 0.05) is 12.3 Å². The molecule has 8 fully saturated rings. The molecule has 0 aromatic carbocycles. The lowest BCUT2D eigenvalue weighted by atomic mass is 9.47. The van der Waals surface area contributed by atoms with Crippen molar-refractivity contribution in [3.63, 3.8) is 0 Å². The predicted molar refractivity (Wildman–Crippen MR) is 242 cm³/mol. The van der Waals surface area contributed by atoms with Crippen molar-refractivity contribution in [1.29, 1.82) is 0 Å². The molecule has 0 aromatic rings. The number of fused-ring (bicyclic) bond motifs is 7. The molecule has 9 rings (SSSR count). The third kappa shape index (κ3) is 10.1. The molecule has 11 unspecified atom stereocenters. The van der Waals surface area contributed by atoms with Gasteiger partial charge in [0.1, 0.15) is 85.5 Å². The molecule has 73 heavy (non-hydrogen) atoms. The summed E-state index contributed by atoms with van der Waals surface area (Å²) >= 11 is 0. The standard InChI is InChI=1S/C49H80O24/c1-18(17-65-43-35(58)30(53)29(52)26(15-50)67-43)7-12-49(64)19(2)28-25(73-49)14-24-22-6-5-20-13-21(8-10-47(20,3)23(22)9-11-48(24,28)4)66-46-40(70-45-37(60)32(55)34(57)42(63)72-45)38(61)39(27(16-51)68-46)69-44-36(59)31(54)33(56)41(62)71-44/h5,18-19,21-46,50-64H,6-17H2,1-4H3/t18-,19+,21?,22-,23+,24+,25?,26?,27?,28+,29-,30+,31+,32+,33-,34-,35?,36?,37?,38+,39-,40?,41?,42?,43-,44-,45-,46-,47+,48+,49?/m1/s1. The molecule has 4 aliphatic carbocycles. The highest BCUT2D eigenvalue weighted by molar-refractivity contribution is 5.26. The maximum absolute atomic E-state index is 12.1. The van der Waals surface area contributed by atoms with Crippen molar-refractivity contribution in [1.82, 2.24) is 0 Å². The van der Waals surface area contributed by atoms with Crippen molar-refractivity contribution >= 4 is 0 Å². The van der Waals surface area contributed by atoms with Gasteiger partial charge >= 0.3 is 0 Å². The predicted octanol–water partition coefficient (Wildman–Crippen LogP) is -4.12. The zero-order valence-corrected chi connectivity index (χ0v) is 41.6. The quantitative estimate of drug-likeness (QED) is 0.0735. The summed E-state index contributed by atoms with van der Waals surface area (Å²) in [5.41, 5.74) is 0.934. The van der Waals surface area contributed by atoms with Crippen LogP contribution in [0.1, 0.15) is 85.5 Å². The maximum Gasteiger partial charge on any atom is 0.189 e. The van der Waals surface area contributed by atoms with E-state index < -0.39 is 148 Å². The molecular weight excluding hydrogens is 973 g/mol. The lowest BCUT2D eigenvalue weighted by Crippen LogP contribution is -2.67. The summed E-state index contributed by atoms with van der Waals surface area (Å²) in [5, 5.41) is 158. The van der Waals surface area contributed by atoms with E-state index in [1.54, 1.807) is 0 Å². The van der Waals surface area contributed by atoms with Crippen LogP contribution in [-0.4, -0.2) is 238 Å². The molecule has 24 heteroatoms. The SMILES string of the molecule is C[C@H](CCC1(O)OC2C[C@H]3[C@@H]4CC=C5CC(O[C@@H]6OC(CO)[C@@H](O[C@@H]7OC(O)[C@H](O)[C@H](O)C7O)[C@H](O)C6O[C@@H]6OC(O)[C@H](O)[C@H](O)C6O)CC[C@]5(C)[C@H]4CC[C@]3(C)[C@H]2[C@@H]1C)CO[C@@H]1OC(CO)[C@@H](O)[C@H](O)C1O. The van der Waals surface area contributed by atoms with Gasteiger partial charge in [-0.05, 0) is 91.8 Å².